The summed E-state index contributed by atoms with van der Waals surface area (Å²) in [6.45, 7) is 2.93. The molecule has 1 saturated heterocycles. The second-order valence-corrected chi connectivity index (χ2v) is 6.48. The minimum atomic E-state index is 0.0785. The third-order valence-electron chi connectivity index (χ3n) is 4.30. The topological polar surface area (TPSA) is 76.2 Å². The van der Waals surface area contributed by atoms with E-state index in [0.717, 1.165) is 48.2 Å². The highest BCUT2D eigenvalue weighted by Gasteiger charge is 2.27. The molecular weight excluding hydrogens is 338 g/mol. The zero-order valence-corrected chi connectivity index (χ0v) is 14.7. The van der Waals surface area contributed by atoms with Crippen LogP contribution >= 0.6 is 11.5 Å². The van der Waals surface area contributed by atoms with Crippen LogP contribution in [0.15, 0.2) is 35.8 Å². The molecule has 1 aromatic carbocycles. The first-order chi connectivity index (χ1) is 12.3. The summed E-state index contributed by atoms with van der Waals surface area (Å²) in [6.07, 6.45) is 1.86. The van der Waals surface area contributed by atoms with Crippen molar-refractivity contribution in [3.05, 3.63) is 47.4 Å². The van der Waals surface area contributed by atoms with Crippen LogP contribution < -0.4 is 4.74 Å². The fourth-order valence-corrected chi connectivity index (χ4v) is 3.43. The van der Waals surface area contributed by atoms with Gasteiger partial charge in [-0.05, 0) is 23.7 Å². The molecule has 0 spiro atoms. The van der Waals surface area contributed by atoms with E-state index in [2.05, 4.69) is 24.5 Å². The van der Waals surface area contributed by atoms with E-state index in [1.165, 1.54) is 11.5 Å². The molecule has 0 unspecified atom stereocenters. The minimum absolute atomic E-state index is 0.0785. The molecule has 1 aliphatic heterocycles. The predicted molar refractivity (Wildman–Crippen MR) is 94.5 cm³/mol. The number of H-pyrrole nitrogens is 1. The van der Waals surface area contributed by atoms with Crippen molar-refractivity contribution in [2.24, 2.45) is 0 Å². The van der Waals surface area contributed by atoms with Gasteiger partial charge in [0.15, 0.2) is 0 Å². The Morgan fingerprint density at radius 2 is 2.40 bits per heavy atom. The second-order valence-electron chi connectivity index (χ2n) is 5.87. The van der Waals surface area contributed by atoms with Crippen molar-refractivity contribution in [3.8, 4) is 17.0 Å². The highest BCUT2D eigenvalue weighted by molar-refractivity contribution is 7.03. The standard InChI is InChI=1S/C17H19N5O2S/c1-23-14-4-2-3-12(7-14)15-8-18-17(19-15)16-10-24-6-5-22(16)9-13-11-25-21-20-13/h2-4,7-8,11,16H,5-6,9-10H2,1H3,(H,18,19)/t16-/m0/s1. The van der Waals surface area contributed by atoms with Crippen molar-refractivity contribution in [1.29, 1.82) is 0 Å². The molecule has 0 amide bonds. The molecule has 7 nitrogen and oxygen atoms in total. The minimum Gasteiger partial charge on any atom is -0.497 e. The van der Waals surface area contributed by atoms with Crippen LogP contribution in [0.3, 0.4) is 0 Å². The maximum Gasteiger partial charge on any atom is 0.126 e. The number of morpholine rings is 1. The third-order valence-corrected chi connectivity index (χ3v) is 4.85. The Kier molecular flexibility index (Phi) is 4.73. The molecule has 25 heavy (non-hydrogen) atoms. The summed E-state index contributed by atoms with van der Waals surface area (Å²) in [5, 5.41) is 6.13. The van der Waals surface area contributed by atoms with E-state index in [9.17, 15) is 0 Å². The SMILES string of the molecule is COc1cccc(-c2cnc([C@@H]3COCCN3Cc3csnn3)[nH]2)c1. The molecule has 2 aromatic heterocycles. The number of rotatable bonds is 5. The Balaban J connectivity index is 1.56. The monoisotopic (exact) mass is 357 g/mol. The van der Waals surface area contributed by atoms with Gasteiger partial charge in [0.1, 0.15) is 11.6 Å². The summed E-state index contributed by atoms with van der Waals surface area (Å²) in [5.41, 5.74) is 3.00. The van der Waals surface area contributed by atoms with E-state index in [4.69, 9.17) is 9.47 Å². The summed E-state index contributed by atoms with van der Waals surface area (Å²) in [6, 6.07) is 8.01. The van der Waals surface area contributed by atoms with Gasteiger partial charge in [-0.2, -0.15) is 0 Å². The van der Waals surface area contributed by atoms with Gasteiger partial charge in [0.05, 0.1) is 44.0 Å². The van der Waals surface area contributed by atoms with Gasteiger partial charge in [0.25, 0.3) is 0 Å². The second kappa shape index (κ2) is 7.30. The van der Waals surface area contributed by atoms with Crippen LogP contribution in [0.4, 0.5) is 0 Å². The number of nitrogens with zero attached hydrogens (tertiary/aromatic N) is 4. The van der Waals surface area contributed by atoms with Gasteiger partial charge in [-0.1, -0.05) is 16.6 Å². The van der Waals surface area contributed by atoms with Gasteiger partial charge in [-0.25, -0.2) is 4.98 Å². The Morgan fingerprint density at radius 3 is 3.24 bits per heavy atom. The summed E-state index contributed by atoms with van der Waals surface area (Å²) in [4.78, 5) is 10.4. The smallest absolute Gasteiger partial charge is 0.126 e. The average Bonchev–Trinajstić information content (AvgIpc) is 3.34. The lowest BCUT2D eigenvalue weighted by atomic mass is 10.1. The first-order valence-electron chi connectivity index (χ1n) is 8.10. The molecule has 130 valence electrons. The normalized spacial score (nSPS) is 18.4. The van der Waals surface area contributed by atoms with Crippen molar-refractivity contribution in [1.82, 2.24) is 24.5 Å². The summed E-state index contributed by atoms with van der Waals surface area (Å²) >= 11 is 1.38. The molecule has 0 aliphatic carbocycles. The van der Waals surface area contributed by atoms with Gasteiger partial charge >= 0.3 is 0 Å². The molecule has 0 saturated carbocycles. The van der Waals surface area contributed by atoms with E-state index in [1.807, 2.05) is 35.8 Å². The Bertz CT molecular complexity index is 820. The average molecular weight is 357 g/mol. The number of hydrogen-bond donors (Lipinski definition) is 1. The van der Waals surface area contributed by atoms with Crippen LogP contribution in [0.1, 0.15) is 17.6 Å². The molecule has 0 bridgehead atoms. The Labute approximate surface area is 149 Å². The van der Waals surface area contributed by atoms with Crippen molar-refractivity contribution in [2.45, 2.75) is 12.6 Å². The van der Waals surface area contributed by atoms with Gasteiger partial charge in [0.2, 0.25) is 0 Å². The zero-order valence-electron chi connectivity index (χ0n) is 13.9. The molecular formula is C17H19N5O2S. The van der Waals surface area contributed by atoms with E-state index in [0.29, 0.717) is 6.61 Å². The van der Waals surface area contributed by atoms with Crippen LogP contribution in [-0.4, -0.2) is 51.3 Å². The largest absolute Gasteiger partial charge is 0.497 e. The van der Waals surface area contributed by atoms with Crippen molar-refractivity contribution in [2.75, 3.05) is 26.9 Å². The number of aromatic amines is 1. The van der Waals surface area contributed by atoms with E-state index in [-0.39, 0.29) is 6.04 Å². The number of nitrogens with one attached hydrogen (secondary N) is 1. The molecule has 1 N–H and O–H groups in total. The summed E-state index contributed by atoms with van der Waals surface area (Å²) < 4.78 is 14.9. The quantitative estimate of drug-likeness (QED) is 0.756. The van der Waals surface area contributed by atoms with Gasteiger partial charge in [-0.3, -0.25) is 4.90 Å². The third kappa shape index (κ3) is 3.55. The molecule has 8 heteroatoms. The summed E-state index contributed by atoms with van der Waals surface area (Å²) in [7, 11) is 1.67. The highest BCUT2D eigenvalue weighted by Crippen LogP contribution is 2.27. The molecule has 0 radical (unpaired) electrons. The number of methoxy groups -OCH3 is 1. The molecule has 1 aliphatic rings. The lowest BCUT2D eigenvalue weighted by Crippen LogP contribution is -2.39. The van der Waals surface area contributed by atoms with Crippen molar-refractivity contribution >= 4 is 11.5 Å². The number of aromatic nitrogens is 4. The Morgan fingerprint density at radius 1 is 1.44 bits per heavy atom. The van der Waals surface area contributed by atoms with Crippen LogP contribution in [0.5, 0.6) is 5.75 Å². The number of benzene rings is 1. The first kappa shape index (κ1) is 16.2. The van der Waals surface area contributed by atoms with Gasteiger partial charge in [-0.15, -0.1) is 5.10 Å². The van der Waals surface area contributed by atoms with Crippen molar-refractivity contribution < 1.29 is 9.47 Å². The fourth-order valence-electron chi connectivity index (χ4n) is 2.98. The molecule has 1 atom stereocenters. The number of imidazole rings is 1. The lowest BCUT2D eigenvalue weighted by molar-refractivity contribution is -0.0161. The van der Waals surface area contributed by atoms with E-state index < -0.39 is 0 Å². The Hall–Kier alpha value is -2.29. The fraction of sp³-hybridized carbons (Fsp3) is 0.353. The van der Waals surface area contributed by atoms with Gasteiger partial charge < -0.3 is 14.5 Å². The van der Waals surface area contributed by atoms with Crippen LogP contribution in [0.2, 0.25) is 0 Å². The van der Waals surface area contributed by atoms with E-state index in [1.54, 1.807) is 7.11 Å². The van der Waals surface area contributed by atoms with Crippen LogP contribution in [-0.2, 0) is 11.3 Å². The molecule has 3 aromatic rings. The number of hydrogen-bond acceptors (Lipinski definition) is 7. The highest BCUT2D eigenvalue weighted by atomic mass is 32.1. The molecule has 4 rings (SSSR count). The maximum absolute atomic E-state index is 5.68. The van der Waals surface area contributed by atoms with Gasteiger partial charge in [0, 0.05) is 24.0 Å². The lowest BCUT2D eigenvalue weighted by Gasteiger charge is -2.33. The maximum atomic E-state index is 5.68. The molecule has 1 fully saturated rings. The predicted octanol–water partition coefficient (Wildman–Crippen LogP) is 2.51. The van der Waals surface area contributed by atoms with Crippen molar-refractivity contribution in [3.63, 3.8) is 0 Å². The number of ether oxygens (including phenoxy) is 2. The molecule has 3 heterocycles. The van der Waals surface area contributed by atoms with E-state index >= 15 is 0 Å². The zero-order chi connectivity index (χ0) is 17.1. The first-order valence-corrected chi connectivity index (χ1v) is 8.94. The summed E-state index contributed by atoms with van der Waals surface area (Å²) in [5.74, 6) is 1.73. The van der Waals surface area contributed by atoms with Crippen LogP contribution in [0.25, 0.3) is 11.3 Å². The van der Waals surface area contributed by atoms with Crippen LogP contribution in [0, 0.1) is 0 Å².